The van der Waals surface area contributed by atoms with Crippen molar-refractivity contribution in [3.63, 3.8) is 0 Å². The highest BCUT2D eigenvalue weighted by atomic mass is 32.2. The molecular formula is C10H9N3OS. The molecule has 1 aromatic carbocycles. The van der Waals surface area contributed by atoms with Gasteiger partial charge in [-0.25, -0.2) is 4.98 Å². The number of benzene rings is 1. The van der Waals surface area contributed by atoms with Gasteiger partial charge in [0.15, 0.2) is 5.78 Å². The largest absolute Gasteiger partial charge is 0.293 e. The van der Waals surface area contributed by atoms with E-state index in [2.05, 4.69) is 10.1 Å². The summed E-state index contributed by atoms with van der Waals surface area (Å²) in [5.74, 6) is 0.462. The van der Waals surface area contributed by atoms with Gasteiger partial charge in [-0.05, 0) is 11.9 Å². The Hall–Kier alpha value is -1.62. The minimum Gasteiger partial charge on any atom is -0.293 e. The van der Waals surface area contributed by atoms with E-state index in [0.29, 0.717) is 5.75 Å². The molecule has 0 N–H and O–H groups in total. The minimum absolute atomic E-state index is 0.0936. The van der Waals surface area contributed by atoms with Crippen LogP contribution in [0.15, 0.2) is 43.0 Å². The lowest BCUT2D eigenvalue weighted by Crippen LogP contribution is -2.04. The fourth-order valence-electron chi connectivity index (χ4n) is 1.10. The SMILES string of the molecule is O=C(CSn1cncn1)c1ccccc1. The molecule has 0 aliphatic rings. The third-order valence-corrected chi connectivity index (χ3v) is 2.67. The van der Waals surface area contributed by atoms with E-state index in [-0.39, 0.29) is 5.78 Å². The maximum atomic E-state index is 11.7. The normalized spacial score (nSPS) is 10.1. The van der Waals surface area contributed by atoms with Gasteiger partial charge in [-0.2, -0.15) is 4.09 Å². The summed E-state index contributed by atoms with van der Waals surface area (Å²) in [6.07, 6.45) is 3.02. The van der Waals surface area contributed by atoms with Gasteiger partial charge in [0.1, 0.15) is 12.7 Å². The van der Waals surface area contributed by atoms with E-state index < -0.39 is 0 Å². The number of hydrogen-bond acceptors (Lipinski definition) is 4. The highest BCUT2D eigenvalue weighted by molar-refractivity contribution is 7.98. The van der Waals surface area contributed by atoms with Crippen LogP contribution in [0.4, 0.5) is 0 Å². The number of rotatable bonds is 4. The average Bonchev–Trinajstić information content (AvgIpc) is 2.80. The predicted octanol–water partition coefficient (Wildman–Crippen LogP) is 1.66. The Kier molecular flexibility index (Phi) is 3.14. The zero-order chi connectivity index (χ0) is 10.5. The lowest BCUT2D eigenvalue weighted by Gasteiger charge is -1.99. The number of aromatic nitrogens is 3. The molecule has 5 heteroatoms. The second-order valence-corrected chi connectivity index (χ2v) is 3.78. The molecule has 0 bridgehead atoms. The third-order valence-electron chi connectivity index (χ3n) is 1.82. The Bertz CT molecular complexity index is 427. The van der Waals surface area contributed by atoms with Crippen LogP contribution in [-0.2, 0) is 0 Å². The number of nitrogens with zero attached hydrogens (tertiary/aromatic N) is 3. The van der Waals surface area contributed by atoms with Crippen LogP contribution in [0.1, 0.15) is 10.4 Å². The summed E-state index contributed by atoms with van der Waals surface area (Å²) >= 11 is 1.32. The maximum Gasteiger partial charge on any atom is 0.174 e. The highest BCUT2D eigenvalue weighted by Gasteiger charge is 2.05. The third kappa shape index (κ3) is 2.66. The number of carbonyl (C=O) groups excluding carboxylic acids is 1. The van der Waals surface area contributed by atoms with Crippen molar-refractivity contribution in [2.45, 2.75) is 0 Å². The van der Waals surface area contributed by atoms with Crippen LogP contribution in [0.5, 0.6) is 0 Å². The van der Waals surface area contributed by atoms with Gasteiger partial charge in [-0.15, -0.1) is 5.10 Å². The van der Waals surface area contributed by atoms with Crippen molar-refractivity contribution in [1.29, 1.82) is 0 Å². The van der Waals surface area contributed by atoms with Gasteiger partial charge >= 0.3 is 0 Å². The Balaban J connectivity index is 1.94. The van der Waals surface area contributed by atoms with Crippen molar-refractivity contribution in [3.05, 3.63) is 48.5 Å². The number of carbonyl (C=O) groups is 1. The van der Waals surface area contributed by atoms with Crippen molar-refractivity contribution in [2.75, 3.05) is 5.75 Å². The van der Waals surface area contributed by atoms with E-state index in [4.69, 9.17) is 0 Å². The summed E-state index contributed by atoms with van der Waals surface area (Å²) in [6.45, 7) is 0. The first-order valence-corrected chi connectivity index (χ1v) is 5.36. The summed E-state index contributed by atoms with van der Waals surface area (Å²) in [5.41, 5.74) is 0.727. The summed E-state index contributed by atoms with van der Waals surface area (Å²) in [6, 6.07) is 9.22. The molecule has 15 heavy (non-hydrogen) atoms. The molecule has 1 aromatic heterocycles. The quantitative estimate of drug-likeness (QED) is 0.734. The van der Waals surface area contributed by atoms with Gasteiger partial charge in [-0.1, -0.05) is 30.3 Å². The van der Waals surface area contributed by atoms with Crippen molar-refractivity contribution in [3.8, 4) is 0 Å². The van der Waals surface area contributed by atoms with E-state index in [0.717, 1.165) is 5.56 Å². The molecule has 0 fully saturated rings. The predicted molar refractivity (Wildman–Crippen MR) is 58.7 cm³/mol. The van der Waals surface area contributed by atoms with Crippen LogP contribution < -0.4 is 0 Å². The fraction of sp³-hybridized carbons (Fsp3) is 0.100. The topological polar surface area (TPSA) is 47.8 Å². The molecule has 1 heterocycles. The molecule has 0 unspecified atom stereocenters. The lowest BCUT2D eigenvalue weighted by atomic mass is 10.2. The first kappa shape index (κ1) is 9.92. The average molecular weight is 219 g/mol. The lowest BCUT2D eigenvalue weighted by molar-refractivity contribution is 0.102. The number of Topliss-reactive ketones (excluding diaryl/α,β-unsaturated/α-hetero) is 1. The van der Waals surface area contributed by atoms with Gasteiger partial charge in [0.25, 0.3) is 0 Å². The first-order valence-electron chi connectivity index (χ1n) is 4.42. The second-order valence-electron chi connectivity index (χ2n) is 2.86. The zero-order valence-corrected chi connectivity index (χ0v) is 8.72. The molecule has 2 rings (SSSR count). The van der Waals surface area contributed by atoms with Crippen molar-refractivity contribution in [2.24, 2.45) is 0 Å². The highest BCUT2D eigenvalue weighted by Crippen LogP contribution is 2.07. The van der Waals surface area contributed by atoms with Crippen molar-refractivity contribution < 1.29 is 4.79 Å². The molecule has 0 radical (unpaired) electrons. The summed E-state index contributed by atoms with van der Waals surface area (Å²) in [7, 11) is 0. The Morgan fingerprint density at radius 2 is 2.13 bits per heavy atom. The number of ketones is 1. The molecule has 0 saturated heterocycles. The minimum atomic E-state index is 0.0936. The van der Waals surface area contributed by atoms with Gasteiger partial charge in [0, 0.05) is 5.56 Å². The molecule has 0 spiro atoms. The van der Waals surface area contributed by atoms with Gasteiger partial charge in [0.2, 0.25) is 0 Å². The van der Waals surface area contributed by atoms with Gasteiger partial charge < -0.3 is 0 Å². The monoisotopic (exact) mass is 219 g/mol. The van der Waals surface area contributed by atoms with Crippen LogP contribution in [0.25, 0.3) is 0 Å². The van der Waals surface area contributed by atoms with E-state index in [1.54, 1.807) is 10.4 Å². The van der Waals surface area contributed by atoms with Crippen molar-refractivity contribution in [1.82, 2.24) is 14.2 Å². The molecule has 0 saturated carbocycles. The van der Waals surface area contributed by atoms with E-state index in [9.17, 15) is 4.79 Å². The Morgan fingerprint density at radius 1 is 1.33 bits per heavy atom. The van der Waals surface area contributed by atoms with Crippen LogP contribution in [-0.4, -0.2) is 25.7 Å². The Morgan fingerprint density at radius 3 is 2.80 bits per heavy atom. The van der Waals surface area contributed by atoms with Crippen molar-refractivity contribution >= 4 is 17.7 Å². The molecular weight excluding hydrogens is 210 g/mol. The van der Waals surface area contributed by atoms with Gasteiger partial charge in [-0.3, -0.25) is 4.79 Å². The van der Waals surface area contributed by atoms with E-state index in [1.807, 2.05) is 30.3 Å². The van der Waals surface area contributed by atoms with Crippen LogP contribution >= 0.6 is 11.9 Å². The maximum absolute atomic E-state index is 11.7. The Labute approximate surface area is 91.5 Å². The first-order chi connectivity index (χ1) is 7.36. The smallest absolute Gasteiger partial charge is 0.174 e. The number of hydrogen-bond donors (Lipinski definition) is 0. The second kappa shape index (κ2) is 4.75. The summed E-state index contributed by atoms with van der Waals surface area (Å²) in [5, 5.41) is 3.90. The standard InChI is InChI=1S/C10H9N3OS/c14-10(9-4-2-1-3-5-9)6-15-13-8-11-7-12-13/h1-5,7-8H,6H2. The molecule has 0 aliphatic carbocycles. The fourth-order valence-corrected chi connectivity index (χ4v) is 1.74. The molecule has 76 valence electrons. The molecule has 0 atom stereocenters. The van der Waals surface area contributed by atoms with Crippen LogP contribution in [0, 0.1) is 0 Å². The molecule has 2 aromatic rings. The van der Waals surface area contributed by atoms with E-state index >= 15 is 0 Å². The summed E-state index contributed by atoms with van der Waals surface area (Å²) in [4.78, 5) is 15.5. The molecule has 4 nitrogen and oxygen atoms in total. The van der Waals surface area contributed by atoms with Crippen LogP contribution in [0.2, 0.25) is 0 Å². The molecule has 0 aliphatic heterocycles. The van der Waals surface area contributed by atoms with Crippen LogP contribution in [0.3, 0.4) is 0 Å². The zero-order valence-electron chi connectivity index (χ0n) is 7.91. The van der Waals surface area contributed by atoms with E-state index in [1.165, 1.54) is 18.3 Å². The molecule has 0 amide bonds. The summed E-state index contributed by atoms with van der Waals surface area (Å²) < 4.78 is 1.57. The van der Waals surface area contributed by atoms with Gasteiger partial charge in [0.05, 0.1) is 5.75 Å².